The lowest BCUT2D eigenvalue weighted by atomic mass is 9.92. The van der Waals surface area contributed by atoms with Gasteiger partial charge in [0.25, 0.3) is 0 Å². The second-order valence-corrected chi connectivity index (χ2v) is 7.01. The van der Waals surface area contributed by atoms with Gasteiger partial charge in [0.2, 0.25) is 0 Å². The molecule has 4 heteroatoms. The summed E-state index contributed by atoms with van der Waals surface area (Å²) >= 11 is 0. The second kappa shape index (κ2) is 10.3. The summed E-state index contributed by atoms with van der Waals surface area (Å²) in [7, 11) is 0. The number of rotatable bonds is 10. The highest BCUT2D eigenvalue weighted by Crippen LogP contribution is 2.37. The number of halogens is 1. The number of allylic oxidation sites excluding steroid dienone is 2. The van der Waals surface area contributed by atoms with Crippen molar-refractivity contribution >= 4 is 5.97 Å². The van der Waals surface area contributed by atoms with Gasteiger partial charge in [0.15, 0.2) is 0 Å². The van der Waals surface area contributed by atoms with E-state index in [-0.39, 0.29) is 18.3 Å². The predicted octanol–water partition coefficient (Wildman–Crippen LogP) is 5.08. The molecule has 1 aromatic rings. The van der Waals surface area contributed by atoms with Gasteiger partial charge >= 0.3 is 5.97 Å². The number of unbranched alkanes of at least 4 members (excludes halogenated alkanes) is 1. The van der Waals surface area contributed by atoms with Crippen LogP contribution in [0.1, 0.15) is 49.7 Å². The van der Waals surface area contributed by atoms with E-state index in [9.17, 15) is 9.18 Å². The van der Waals surface area contributed by atoms with Crippen molar-refractivity contribution in [3.8, 4) is 0 Å². The third-order valence-electron chi connectivity index (χ3n) is 4.90. The molecule has 0 unspecified atom stereocenters. The van der Waals surface area contributed by atoms with Crippen LogP contribution in [-0.4, -0.2) is 23.9 Å². The molecule has 0 bridgehead atoms. The van der Waals surface area contributed by atoms with Gasteiger partial charge in [0, 0.05) is 6.42 Å². The Bertz CT molecular complexity index is 570. The van der Waals surface area contributed by atoms with Crippen LogP contribution < -0.4 is 0 Å². The topological polar surface area (TPSA) is 46.5 Å². The minimum absolute atomic E-state index is 0.0215. The number of aliphatic carboxylic acids is 1. The summed E-state index contributed by atoms with van der Waals surface area (Å²) in [6, 6.07) is 8.26. The largest absolute Gasteiger partial charge is 0.481 e. The summed E-state index contributed by atoms with van der Waals surface area (Å²) in [5.41, 5.74) is 2.38. The molecule has 0 spiro atoms. The van der Waals surface area contributed by atoms with Crippen molar-refractivity contribution in [3.05, 3.63) is 47.5 Å². The third kappa shape index (κ3) is 6.99. The van der Waals surface area contributed by atoms with E-state index in [1.54, 1.807) is 0 Å². The molecule has 3 nitrogen and oxygen atoms in total. The highest BCUT2D eigenvalue weighted by Gasteiger charge is 2.35. The van der Waals surface area contributed by atoms with Gasteiger partial charge in [-0.3, -0.25) is 4.79 Å². The van der Waals surface area contributed by atoms with Crippen LogP contribution in [0.25, 0.3) is 0 Å². The van der Waals surface area contributed by atoms with Crippen molar-refractivity contribution in [3.63, 3.8) is 0 Å². The highest BCUT2D eigenvalue weighted by atomic mass is 19.1. The van der Waals surface area contributed by atoms with Gasteiger partial charge in [-0.1, -0.05) is 42.0 Å². The fourth-order valence-electron chi connectivity index (χ4n) is 3.52. The number of hydrogen-bond acceptors (Lipinski definition) is 2. The van der Waals surface area contributed by atoms with E-state index in [1.165, 1.54) is 5.56 Å². The van der Waals surface area contributed by atoms with Crippen LogP contribution in [0.15, 0.2) is 36.4 Å². The van der Waals surface area contributed by atoms with E-state index in [1.807, 2.05) is 18.2 Å². The lowest BCUT2D eigenvalue weighted by molar-refractivity contribution is -0.137. The average molecular weight is 348 g/mol. The highest BCUT2D eigenvalue weighted by molar-refractivity contribution is 5.66. The summed E-state index contributed by atoms with van der Waals surface area (Å²) < 4.78 is 20.0. The van der Waals surface area contributed by atoms with Crippen LogP contribution in [0, 0.1) is 18.8 Å². The van der Waals surface area contributed by atoms with Gasteiger partial charge in [-0.2, -0.15) is 0 Å². The van der Waals surface area contributed by atoms with Gasteiger partial charge < -0.3 is 9.84 Å². The maximum Gasteiger partial charge on any atom is 0.303 e. The molecule has 0 saturated heterocycles. The normalized spacial score (nSPS) is 23.4. The Kier molecular flexibility index (Phi) is 8.13. The molecule has 1 aliphatic rings. The summed E-state index contributed by atoms with van der Waals surface area (Å²) in [6.07, 6.45) is 7.03. The number of aryl methyl sites for hydroxylation is 1. The van der Waals surface area contributed by atoms with Crippen LogP contribution in [-0.2, 0) is 16.1 Å². The molecule has 138 valence electrons. The van der Waals surface area contributed by atoms with Crippen molar-refractivity contribution in [2.75, 3.05) is 6.61 Å². The van der Waals surface area contributed by atoms with Crippen LogP contribution in [0.3, 0.4) is 0 Å². The number of carbonyl (C=O) groups is 1. The van der Waals surface area contributed by atoms with E-state index in [4.69, 9.17) is 9.84 Å². The maximum absolute atomic E-state index is 14.2. The smallest absolute Gasteiger partial charge is 0.303 e. The first-order valence-corrected chi connectivity index (χ1v) is 9.20. The van der Waals surface area contributed by atoms with Crippen molar-refractivity contribution in [2.24, 2.45) is 11.8 Å². The Balaban J connectivity index is 1.72. The second-order valence-electron chi connectivity index (χ2n) is 7.01. The number of carboxylic acids is 1. The van der Waals surface area contributed by atoms with Gasteiger partial charge in [-0.25, -0.2) is 4.39 Å². The summed E-state index contributed by atoms with van der Waals surface area (Å²) in [4.78, 5) is 10.5. The van der Waals surface area contributed by atoms with Crippen molar-refractivity contribution in [1.29, 1.82) is 0 Å². The lowest BCUT2D eigenvalue weighted by Gasteiger charge is -2.20. The number of alkyl halides is 1. The standard InChI is InChI=1S/C21H29FO3/c1-16-7-6-8-17(13-16)14-25-15-18-11-12-20(22)19(18)9-4-2-3-5-10-21(23)24/h2,4,6-8,13,18-20H,3,5,9-12,14-15H2,1H3,(H,23,24)/b4-2-/t18-,19-,20-/m0/s1. The fourth-order valence-corrected chi connectivity index (χ4v) is 3.52. The molecule has 1 N–H and O–H groups in total. The number of ether oxygens (including phenoxy) is 1. The zero-order valence-electron chi connectivity index (χ0n) is 15.0. The van der Waals surface area contributed by atoms with Crippen LogP contribution in [0.2, 0.25) is 0 Å². The Morgan fingerprint density at radius 3 is 2.96 bits per heavy atom. The van der Waals surface area contributed by atoms with E-state index >= 15 is 0 Å². The molecule has 1 saturated carbocycles. The minimum atomic E-state index is -0.765. The molecule has 25 heavy (non-hydrogen) atoms. The van der Waals surface area contributed by atoms with Crippen LogP contribution in [0.4, 0.5) is 4.39 Å². The van der Waals surface area contributed by atoms with E-state index in [0.29, 0.717) is 32.5 Å². The van der Waals surface area contributed by atoms with Crippen molar-refractivity contribution in [2.45, 2.75) is 58.2 Å². The number of benzene rings is 1. The van der Waals surface area contributed by atoms with Crippen LogP contribution >= 0.6 is 0 Å². The molecule has 1 aliphatic carbocycles. The van der Waals surface area contributed by atoms with Gasteiger partial charge in [0.1, 0.15) is 6.17 Å². The Morgan fingerprint density at radius 1 is 1.36 bits per heavy atom. The van der Waals surface area contributed by atoms with Crippen LogP contribution in [0.5, 0.6) is 0 Å². The Hall–Kier alpha value is -1.68. The molecular formula is C21H29FO3. The van der Waals surface area contributed by atoms with Crippen molar-refractivity contribution < 1.29 is 19.0 Å². The first-order chi connectivity index (χ1) is 12.1. The Labute approximate surface area is 149 Å². The zero-order chi connectivity index (χ0) is 18.1. The van der Waals surface area contributed by atoms with E-state index < -0.39 is 12.1 Å². The predicted molar refractivity (Wildman–Crippen MR) is 97.2 cm³/mol. The van der Waals surface area contributed by atoms with Gasteiger partial charge in [-0.15, -0.1) is 0 Å². The number of carboxylic acid groups (broad SMARTS) is 1. The molecule has 1 fully saturated rings. The van der Waals surface area contributed by atoms with Crippen molar-refractivity contribution in [1.82, 2.24) is 0 Å². The minimum Gasteiger partial charge on any atom is -0.481 e. The zero-order valence-corrected chi connectivity index (χ0v) is 15.0. The summed E-state index contributed by atoms with van der Waals surface area (Å²) in [5.74, 6) is -0.476. The molecule has 3 atom stereocenters. The Morgan fingerprint density at radius 2 is 2.20 bits per heavy atom. The SMILES string of the molecule is Cc1cccc(COC[C@@H]2CC[C@H](F)[C@H]2C/C=C\CCCC(=O)O)c1. The third-order valence-corrected chi connectivity index (χ3v) is 4.90. The molecule has 2 rings (SSSR count). The number of hydrogen-bond donors (Lipinski definition) is 1. The van der Waals surface area contributed by atoms with E-state index in [2.05, 4.69) is 25.1 Å². The molecule has 0 aliphatic heterocycles. The summed E-state index contributed by atoms with van der Waals surface area (Å²) in [6.45, 7) is 3.24. The fraction of sp³-hybridized carbons (Fsp3) is 0.571. The quantitative estimate of drug-likeness (QED) is 0.474. The first kappa shape index (κ1) is 19.6. The molecule has 0 radical (unpaired) electrons. The average Bonchev–Trinajstić information content (AvgIpc) is 2.91. The lowest BCUT2D eigenvalue weighted by Crippen LogP contribution is -2.19. The molecule has 0 heterocycles. The molecular weight excluding hydrogens is 319 g/mol. The summed E-state index contributed by atoms with van der Waals surface area (Å²) in [5, 5.41) is 8.60. The molecule has 0 aromatic heterocycles. The van der Waals surface area contributed by atoms with Gasteiger partial charge in [0.05, 0.1) is 13.2 Å². The van der Waals surface area contributed by atoms with Gasteiger partial charge in [-0.05, 0) is 56.4 Å². The van der Waals surface area contributed by atoms with E-state index in [0.717, 1.165) is 18.4 Å². The molecule has 1 aromatic carbocycles. The first-order valence-electron chi connectivity index (χ1n) is 9.20. The monoisotopic (exact) mass is 348 g/mol. The molecule has 0 amide bonds. The maximum atomic E-state index is 14.2.